The summed E-state index contributed by atoms with van der Waals surface area (Å²) >= 11 is 3.73. The summed E-state index contributed by atoms with van der Waals surface area (Å²) in [7, 11) is -1.48. The van der Waals surface area contributed by atoms with Crippen LogP contribution in [0.5, 0.6) is 0 Å². The van der Waals surface area contributed by atoms with E-state index in [1.807, 2.05) is 18.2 Å². The van der Waals surface area contributed by atoms with Crippen LogP contribution in [0.25, 0.3) is 55.0 Å². The molecule has 4 heterocycles. The Kier molecular flexibility index (Phi) is 6.27. The largest absolute Gasteiger partial charge is 0.488 e. The van der Waals surface area contributed by atoms with Gasteiger partial charge in [0.15, 0.2) is 0 Å². The number of rotatable bonds is 1. The third-order valence-electron chi connectivity index (χ3n) is 10.8. The molecule has 2 aliphatic rings. The van der Waals surface area contributed by atoms with E-state index in [0.29, 0.717) is 5.46 Å². The first-order chi connectivity index (χ1) is 23.1. The molecule has 8 aromatic rings. The van der Waals surface area contributed by atoms with Crippen LogP contribution < -0.4 is 5.46 Å². The van der Waals surface area contributed by atoms with Gasteiger partial charge in [-0.25, -0.2) is 0 Å². The number of fused-ring (bicyclic) bond motifs is 10. The molecule has 10 rings (SSSR count). The molecular formula is C42H34BBrN2O2. The number of nitrogens with zero attached hydrogens (tertiary/aromatic N) is 2. The maximum atomic E-state index is 9.81. The molecule has 6 heteroatoms. The Morgan fingerprint density at radius 1 is 0.500 bits per heavy atom. The van der Waals surface area contributed by atoms with E-state index in [0.717, 1.165) is 31.8 Å². The monoisotopic (exact) mass is 688 g/mol. The number of hydrogen-bond donors (Lipinski definition) is 2. The quantitative estimate of drug-likeness (QED) is 0.169. The molecule has 0 bridgehead atoms. The van der Waals surface area contributed by atoms with Gasteiger partial charge < -0.3 is 19.2 Å². The lowest BCUT2D eigenvalue weighted by atomic mass is 9.70. The molecule has 4 nitrogen and oxygen atoms in total. The van der Waals surface area contributed by atoms with E-state index in [1.54, 1.807) is 0 Å². The zero-order chi connectivity index (χ0) is 33.1. The van der Waals surface area contributed by atoms with Crippen LogP contribution in [0.1, 0.15) is 49.9 Å². The lowest BCUT2D eigenvalue weighted by molar-refractivity contribution is 0.425. The summed E-state index contributed by atoms with van der Waals surface area (Å²) in [6.07, 6.45) is 0. The molecule has 2 aliphatic heterocycles. The summed E-state index contributed by atoms with van der Waals surface area (Å²) in [6.45, 7) is 9.06. The van der Waals surface area contributed by atoms with Gasteiger partial charge in [0, 0.05) is 36.8 Å². The Bertz CT molecular complexity index is 2630. The highest BCUT2D eigenvalue weighted by Gasteiger charge is 2.37. The highest BCUT2D eigenvalue weighted by molar-refractivity contribution is 9.10. The second kappa shape index (κ2) is 10.2. The van der Waals surface area contributed by atoms with Crippen molar-refractivity contribution in [1.29, 1.82) is 0 Å². The average molecular weight is 689 g/mol. The zero-order valence-electron chi connectivity index (χ0n) is 27.3. The van der Waals surface area contributed by atoms with Gasteiger partial charge in [-0.2, -0.15) is 0 Å². The zero-order valence-corrected chi connectivity index (χ0v) is 28.9. The maximum Gasteiger partial charge on any atom is 0.488 e. The molecule has 234 valence electrons. The molecule has 0 spiro atoms. The predicted molar refractivity (Wildman–Crippen MR) is 203 cm³/mol. The third kappa shape index (κ3) is 3.91. The number of benzene rings is 6. The van der Waals surface area contributed by atoms with Crippen LogP contribution in [0, 0.1) is 0 Å². The van der Waals surface area contributed by atoms with Gasteiger partial charge in [0.05, 0.1) is 33.4 Å². The van der Waals surface area contributed by atoms with Crippen molar-refractivity contribution >= 4 is 72.1 Å². The van der Waals surface area contributed by atoms with Crippen molar-refractivity contribution in [3.63, 3.8) is 0 Å². The Labute approximate surface area is 288 Å². The van der Waals surface area contributed by atoms with Crippen molar-refractivity contribution < 1.29 is 10.0 Å². The number of hydrogen-bond acceptors (Lipinski definition) is 2. The van der Waals surface area contributed by atoms with Crippen LogP contribution in [0.2, 0.25) is 0 Å². The summed E-state index contributed by atoms with van der Waals surface area (Å²) in [5.41, 5.74) is 12.9. The fourth-order valence-corrected chi connectivity index (χ4v) is 8.93. The van der Waals surface area contributed by atoms with Crippen LogP contribution in [0.3, 0.4) is 0 Å². The van der Waals surface area contributed by atoms with Crippen molar-refractivity contribution in [3.8, 4) is 11.4 Å². The van der Waals surface area contributed by atoms with Crippen molar-refractivity contribution in [1.82, 2.24) is 9.13 Å². The molecule has 0 amide bonds. The molecule has 0 radical (unpaired) electrons. The first-order valence-corrected chi connectivity index (χ1v) is 17.2. The van der Waals surface area contributed by atoms with Gasteiger partial charge in [0.1, 0.15) is 0 Å². The molecule has 0 unspecified atom stereocenters. The minimum Gasteiger partial charge on any atom is -0.423 e. The Morgan fingerprint density at radius 2 is 0.938 bits per heavy atom. The van der Waals surface area contributed by atoms with Crippen molar-refractivity contribution in [3.05, 3.63) is 148 Å². The smallest absolute Gasteiger partial charge is 0.423 e. The van der Waals surface area contributed by atoms with Crippen LogP contribution in [-0.4, -0.2) is 26.3 Å². The van der Waals surface area contributed by atoms with Crippen molar-refractivity contribution in [2.24, 2.45) is 0 Å². The van der Waals surface area contributed by atoms with E-state index in [9.17, 15) is 10.0 Å². The van der Waals surface area contributed by atoms with Gasteiger partial charge in [0.2, 0.25) is 0 Å². The highest BCUT2D eigenvalue weighted by Crippen LogP contribution is 2.49. The maximum absolute atomic E-state index is 9.81. The molecule has 2 N–H and O–H groups in total. The normalized spacial score (nSPS) is 14.9. The fourth-order valence-electron chi connectivity index (χ4n) is 8.47. The predicted octanol–water partition coefficient (Wildman–Crippen LogP) is 9.29. The minimum atomic E-state index is -1.48. The van der Waals surface area contributed by atoms with Gasteiger partial charge in [0.25, 0.3) is 0 Å². The molecule has 0 saturated carbocycles. The standard InChI is InChI=1S/C21H18BNO2.C21H16BrN/c1-21(2)16-8-4-6-10-19(16)23-18-9-5-3-7-14(18)15-11-13(22(24)25)12-17(21)20(15)23;1-21(2)16-8-4-6-10-19(16)23-18-9-5-3-7-14(18)15-11-13(22)12-17(21)20(15)23/h3-12,24-25H,1-2H3;3-12H,1-2H3. The summed E-state index contributed by atoms with van der Waals surface area (Å²) in [5, 5.41) is 24.5. The van der Waals surface area contributed by atoms with Gasteiger partial charge in [-0.05, 0) is 64.1 Å². The van der Waals surface area contributed by atoms with Gasteiger partial charge in [-0.3, -0.25) is 0 Å². The van der Waals surface area contributed by atoms with E-state index >= 15 is 0 Å². The van der Waals surface area contributed by atoms with Gasteiger partial charge in [-0.15, -0.1) is 0 Å². The molecule has 6 aromatic carbocycles. The molecule has 48 heavy (non-hydrogen) atoms. The van der Waals surface area contributed by atoms with E-state index in [4.69, 9.17) is 0 Å². The van der Waals surface area contributed by atoms with E-state index in [-0.39, 0.29) is 10.8 Å². The van der Waals surface area contributed by atoms with E-state index in [2.05, 4.69) is 156 Å². The number of halogens is 1. The van der Waals surface area contributed by atoms with Crippen LogP contribution >= 0.6 is 15.9 Å². The first kappa shape index (κ1) is 29.5. The summed E-state index contributed by atoms with van der Waals surface area (Å²) in [5.74, 6) is 0. The Balaban J connectivity index is 0.000000131. The second-order valence-corrected chi connectivity index (χ2v) is 15.1. The molecule has 0 saturated heterocycles. The Hall–Kier alpha value is -4.62. The molecular weight excluding hydrogens is 655 g/mol. The summed E-state index contributed by atoms with van der Waals surface area (Å²) < 4.78 is 5.90. The molecule has 0 fully saturated rings. The highest BCUT2D eigenvalue weighted by atomic mass is 79.9. The first-order valence-electron chi connectivity index (χ1n) is 16.5. The van der Waals surface area contributed by atoms with Gasteiger partial charge >= 0.3 is 7.12 Å². The van der Waals surface area contributed by atoms with Crippen LogP contribution in [0.15, 0.2) is 126 Å². The molecule has 0 aliphatic carbocycles. The fraction of sp³-hybridized carbons (Fsp3) is 0.143. The summed E-state index contributed by atoms with van der Waals surface area (Å²) in [6, 6.07) is 42.7. The lowest BCUT2D eigenvalue weighted by Gasteiger charge is -2.35. The minimum absolute atomic E-state index is 0.0109. The molecule has 0 atom stereocenters. The second-order valence-electron chi connectivity index (χ2n) is 14.2. The van der Waals surface area contributed by atoms with Crippen molar-refractivity contribution in [2.75, 3.05) is 0 Å². The Morgan fingerprint density at radius 3 is 1.46 bits per heavy atom. The lowest BCUT2D eigenvalue weighted by Crippen LogP contribution is -2.33. The molecule has 2 aromatic heterocycles. The summed E-state index contributed by atoms with van der Waals surface area (Å²) in [4.78, 5) is 0. The van der Waals surface area contributed by atoms with E-state index in [1.165, 1.54) is 49.9 Å². The number of aromatic nitrogens is 2. The van der Waals surface area contributed by atoms with Crippen molar-refractivity contribution in [2.45, 2.75) is 38.5 Å². The van der Waals surface area contributed by atoms with Gasteiger partial charge in [-0.1, -0.05) is 129 Å². The number of para-hydroxylation sites is 4. The topological polar surface area (TPSA) is 50.3 Å². The SMILES string of the molecule is CC1(C)c2ccccc2-n2c3ccccc3c3cc(B(O)O)cc1c32.CC1(C)c2ccccc2-n2c3ccccc3c3cc(Br)cc1c32. The van der Waals surface area contributed by atoms with Crippen LogP contribution in [0.4, 0.5) is 0 Å². The average Bonchev–Trinajstić information content (AvgIpc) is 3.60. The van der Waals surface area contributed by atoms with E-state index < -0.39 is 7.12 Å². The third-order valence-corrected chi connectivity index (χ3v) is 11.3. The van der Waals surface area contributed by atoms with Crippen LogP contribution in [-0.2, 0) is 10.8 Å².